The van der Waals surface area contributed by atoms with E-state index in [0.717, 1.165) is 11.3 Å². The van der Waals surface area contributed by atoms with E-state index in [2.05, 4.69) is 16.0 Å². The predicted octanol–water partition coefficient (Wildman–Crippen LogP) is 2.52. The summed E-state index contributed by atoms with van der Waals surface area (Å²) in [4.78, 5) is 23.9. The molecular weight excluding hydrogens is 318 g/mol. The second kappa shape index (κ2) is 7.25. The van der Waals surface area contributed by atoms with Crippen molar-refractivity contribution in [1.29, 1.82) is 0 Å². The molecule has 0 spiro atoms. The van der Waals surface area contributed by atoms with Gasteiger partial charge in [0.05, 0.1) is 5.69 Å². The molecule has 0 fully saturated rings. The highest BCUT2D eigenvalue weighted by Gasteiger charge is 2.23. The Balaban J connectivity index is 1.59. The molecule has 0 saturated carbocycles. The number of fused-ring (bicyclic) bond motifs is 1. The summed E-state index contributed by atoms with van der Waals surface area (Å²) in [6.07, 6.45) is -0.506. The molecule has 2 amide bonds. The van der Waals surface area contributed by atoms with Gasteiger partial charge in [0.2, 0.25) is 5.91 Å². The van der Waals surface area contributed by atoms with Gasteiger partial charge in [-0.2, -0.15) is 0 Å². The van der Waals surface area contributed by atoms with E-state index in [9.17, 15) is 9.59 Å². The van der Waals surface area contributed by atoms with Crippen LogP contribution < -0.4 is 20.7 Å². The van der Waals surface area contributed by atoms with Crippen molar-refractivity contribution in [2.45, 2.75) is 32.5 Å². The van der Waals surface area contributed by atoms with Gasteiger partial charge in [0.15, 0.2) is 6.10 Å². The van der Waals surface area contributed by atoms with Crippen LogP contribution in [0, 0.1) is 0 Å². The Morgan fingerprint density at radius 1 is 1.24 bits per heavy atom. The molecular formula is C19H21N3O3. The lowest BCUT2D eigenvalue weighted by atomic mass is 10.2. The fraction of sp³-hybridized carbons (Fsp3) is 0.263. The number of amides is 2. The maximum Gasteiger partial charge on any atom is 0.265 e. The molecule has 3 rings (SSSR count). The Morgan fingerprint density at radius 3 is 2.76 bits per heavy atom. The lowest BCUT2D eigenvalue weighted by molar-refractivity contribution is -0.123. The van der Waals surface area contributed by atoms with Crippen LogP contribution >= 0.6 is 0 Å². The summed E-state index contributed by atoms with van der Waals surface area (Å²) in [6.45, 7) is 3.97. The lowest BCUT2D eigenvalue weighted by Gasteiger charge is -2.24. The number of carbonyl (C=O) groups is 2. The minimum atomic E-state index is -0.506. The first-order valence-electron chi connectivity index (χ1n) is 8.22. The van der Waals surface area contributed by atoms with Gasteiger partial charge in [0.25, 0.3) is 5.91 Å². The number of anilines is 2. The summed E-state index contributed by atoms with van der Waals surface area (Å²) < 4.78 is 5.52. The topological polar surface area (TPSA) is 79.5 Å². The van der Waals surface area contributed by atoms with Gasteiger partial charge in [-0.15, -0.1) is 0 Å². The predicted molar refractivity (Wildman–Crippen MR) is 96.5 cm³/mol. The normalized spacial score (nSPS) is 16.9. The molecule has 0 aromatic heterocycles. The molecule has 0 aliphatic carbocycles. The Kier molecular flexibility index (Phi) is 4.88. The summed E-state index contributed by atoms with van der Waals surface area (Å²) in [5.41, 5.74) is 2.38. The van der Waals surface area contributed by atoms with E-state index >= 15 is 0 Å². The highest BCUT2D eigenvalue weighted by molar-refractivity contribution is 5.98. The molecule has 2 aromatic carbocycles. The van der Waals surface area contributed by atoms with Crippen molar-refractivity contribution < 1.29 is 14.3 Å². The van der Waals surface area contributed by atoms with E-state index in [1.807, 2.05) is 36.4 Å². The van der Waals surface area contributed by atoms with Crippen molar-refractivity contribution in [1.82, 2.24) is 5.32 Å². The molecule has 0 saturated heterocycles. The largest absolute Gasteiger partial charge is 0.479 e. The van der Waals surface area contributed by atoms with Crippen molar-refractivity contribution in [3.8, 4) is 5.75 Å². The third-order valence-electron chi connectivity index (χ3n) is 4.00. The van der Waals surface area contributed by atoms with Gasteiger partial charge in [0.1, 0.15) is 11.8 Å². The number of carbonyl (C=O) groups excluding carboxylic acids is 2. The van der Waals surface area contributed by atoms with Gasteiger partial charge in [-0.05, 0) is 37.6 Å². The van der Waals surface area contributed by atoms with Crippen molar-refractivity contribution in [3.05, 3.63) is 54.1 Å². The third-order valence-corrected chi connectivity index (χ3v) is 4.00. The first-order chi connectivity index (χ1) is 12.0. The molecule has 1 heterocycles. The van der Waals surface area contributed by atoms with Gasteiger partial charge in [-0.25, -0.2) is 0 Å². The second-order valence-corrected chi connectivity index (χ2v) is 6.03. The molecule has 0 radical (unpaired) electrons. The average molecular weight is 339 g/mol. The van der Waals surface area contributed by atoms with E-state index < -0.39 is 12.1 Å². The Labute approximate surface area is 146 Å². The molecule has 3 N–H and O–H groups in total. The van der Waals surface area contributed by atoms with Crippen molar-refractivity contribution in [2.24, 2.45) is 0 Å². The van der Waals surface area contributed by atoms with Crippen LogP contribution in [0.2, 0.25) is 0 Å². The molecule has 2 aromatic rings. The smallest absolute Gasteiger partial charge is 0.265 e. The van der Waals surface area contributed by atoms with Gasteiger partial charge in [0, 0.05) is 12.2 Å². The zero-order valence-corrected chi connectivity index (χ0v) is 14.2. The maximum atomic E-state index is 12.2. The summed E-state index contributed by atoms with van der Waals surface area (Å²) in [5.74, 6) is 0.340. The molecule has 1 aliphatic rings. The van der Waals surface area contributed by atoms with Crippen LogP contribution in [0.25, 0.3) is 0 Å². The van der Waals surface area contributed by atoms with Gasteiger partial charge >= 0.3 is 0 Å². The Bertz CT molecular complexity index is 777. The summed E-state index contributed by atoms with van der Waals surface area (Å²) in [7, 11) is 0. The second-order valence-electron chi connectivity index (χ2n) is 6.03. The highest BCUT2D eigenvalue weighted by atomic mass is 16.5. The van der Waals surface area contributed by atoms with E-state index in [0.29, 0.717) is 18.0 Å². The fourth-order valence-corrected chi connectivity index (χ4v) is 2.55. The SMILES string of the molecule is C[C@@H](Nc1ccc2c(c1)NC(=O)[C@@H](C)O2)C(=O)NCc1ccccc1. The zero-order chi connectivity index (χ0) is 17.8. The van der Waals surface area contributed by atoms with Gasteiger partial charge in [-0.1, -0.05) is 30.3 Å². The number of rotatable bonds is 5. The number of hydrogen-bond acceptors (Lipinski definition) is 4. The molecule has 25 heavy (non-hydrogen) atoms. The minimum Gasteiger partial charge on any atom is -0.479 e. The first kappa shape index (κ1) is 16.8. The van der Waals surface area contributed by atoms with Crippen LogP contribution in [-0.4, -0.2) is 24.0 Å². The molecule has 6 nitrogen and oxygen atoms in total. The molecule has 0 bridgehead atoms. The van der Waals surface area contributed by atoms with Gasteiger partial charge < -0.3 is 20.7 Å². The van der Waals surface area contributed by atoms with E-state index in [-0.39, 0.29) is 11.8 Å². The van der Waals surface area contributed by atoms with Crippen LogP contribution in [0.5, 0.6) is 5.75 Å². The number of hydrogen-bond donors (Lipinski definition) is 3. The Hall–Kier alpha value is -3.02. The van der Waals surface area contributed by atoms with Crippen molar-refractivity contribution in [3.63, 3.8) is 0 Å². The molecule has 1 aliphatic heterocycles. The number of nitrogens with one attached hydrogen (secondary N) is 3. The van der Waals surface area contributed by atoms with Crippen LogP contribution in [0.15, 0.2) is 48.5 Å². The standard InChI is InChI=1S/C19H21N3O3/c1-12(18(23)20-11-14-6-4-3-5-7-14)21-15-8-9-17-16(10-15)22-19(24)13(2)25-17/h3-10,12-13,21H,11H2,1-2H3,(H,20,23)(H,22,24)/t12-,13-/m1/s1. The quantitative estimate of drug-likeness (QED) is 0.782. The average Bonchev–Trinajstić information content (AvgIpc) is 2.61. The first-order valence-corrected chi connectivity index (χ1v) is 8.22. The van der Waals surface area contributed by atoms with Crippen LogP contribution in [0.4, 0.5) is 11.4 Å². The fourth-order valence-electron chi connectivity index (χ4n) is 2.55. The van der Waals surface area contributed by atoms with Gasteiger partial charge in [-0.3, -0.25) is 9.59 Å². The Morgan fingerprint density at radius 2 is 2.00 bits per heavy atom. The van der Waals surface area contributed by atoms with Crippen molar-refractivity contribution in [2.75, 3.05) is 10.6 Å². The third kappa shape index (κ3) is 4.09. The van der Waals surface area contributed by atoms with E-state index in [1.165, 1.54) is 0 Å². The zero-order valence-electron chi connectivity index (χ0n) is 14.2. The van der Waals surface area contributed by atoms with Crippen LogP contribution in [-0.2, 0) is 16.1 Å². The van der Waals surface area contributed by atoms with Crippen molar-refractivity contribution >= 4 is 23.2 Å². The number of benzene rings is 2. The van der Waals surface area contributed by atoms with E-state index in [1.54, 1.807) is 26.0 Å². The van der Waals surface area contributed by atoms with Crippen LogP contribution in [0.1, 0.15) is 19.4 Å². The summed E-state index contributed by atoms with van der Waals surface area (Å²) in [6, 6.07) is 14.7. The number of ether oxygens (including phenoxy) is 1. The maximum absolute atomic E-state index is 12.2. The highest BCUT2D eigenvalue weighted by Crippen LogP contribution is 2.32. The minimum absolute atomic E-state index is 0.101. The van der Waals surface area contributed by atoms with E-state index in [4.69, 9.17) is 4.74 Å². The summed E-state index contributed by atoms with van der Waals surface area (Å²) >= 11 is 0. The molecule has 0 unspecified atom stereocenters. The molecule has 130 valence electrons. The molecule has 6 heteroatoms. The van der Waals surface area contributed by atoms with Crippen LogP contribution in [0.3, 0.4) is 0 Å². The lowest BCUT2D eigenvalue weighted by Crippen LogP contribution is -2.37. The summed E-state index contributed by atoms with van der Waals surface area (Å²) in [5, 5.41) is 8.83. The monoisotopic (exact) mass is 339 g/mol. The molecule has 2 atom stereocenters.